The summed E-state index contributed by atoms with van der Waals surface area (Å²) in [5.41, 5.74) is 1.10. The maximum atomic E-state index is 13.3. The highest BCUT2D eigenvalue weighted by molar-refractivity contribution is 5.96. The van der Waals surface area contributed by atoms with Crippen LogP contribution in [0.4, 0.5) is 4.39 Å². The molecule has 2 amide bonds. The molecule has 2 aromatic carbocycles. The highest BCUT2D eigenvalue weighted by Gasteiger charge is 2.21. The van der Waals surface area contributed by atoms with Crippen LogP contribution in [0.3, 0.4) is 0 Å². The van der Waals surface area contributed by atoms with Crippen molar-refractivity contribution in [2.24, 2.45) is 7.05 Å². The number of nitrogens with zero attached hydrogens (tertiary/aromatic N) is 2. The van der Waals surface area contributed by atoms with Crippen molar-refractivity contribution in [3.8, 4) is 5.75 Å². The lowest BCUT2D eigenvalue weighted by molar-refractivity contribution is -0.120. The van der Waals surface area contributed by atoms with E-state index in [1.807, 2.05) is 6.92 Å². The van der Waals surface area contributed by atoms with Crippen LogP contribution in [-0.2, 0) is 11.8 Å². The summed E-state index contributed by atoms with van der Waals surface area (Å²) in [6.07, 6.45) is 3.37. The van der Waals surface area contributed by atoms with Crippen molar-refractivity contribution < 1.29 is 18.7 Å². The third-order valence-electron chi connectivity index (χ3n) is 4.46. The van der Waals surface area contributed by atoms with Gasteiger partial charge in [-0.3, -0.25) is 9.59 Å². The first-order valence-electron chi connectivity index (χ1n) is 9.51. The van der Waals surface area contributed by atoms with Crippen LogP contribution in [0, 0.1) is 5.82 Å². The lowest BCUT2D eigenvalue weighted by atomic mass is 10.1. The number of ether oxygens (including phenoxy) is 1. The Morgan fingerprint density at radius 2 is 1.83 bits per heavy atom. The highest BCUT2D eigenvalue weighted by Crippen LogP contribution is 2.20. The maximum Gasteiger partial charge on any atom is 0.251 e. The number of carbonyl (C=O) groups excluding carboxylic acids is 2. The van der Waals surface area contributed by atoms with E-state index >= 15 is 0 Å². The van der Waals surface area contributed by atoms with Crippen molar-refractivity contribution in [2.75, 3.05) is 13.2 Å². The molecule has 0 saturated heterocycles. The number of hydrogen-bond donors (Lipinski definition) is 2. The van der Waals surface area contributed by atoms with E-state index in [4.69, 9.17) is 4.74 Å². The van der Waals surface area contributed by atoms with Gasteiger partial charge in [-0.1, -0.05) is 12.1 Å². The summed E-state index contributed by atoms with van der Waals surface area (Å²) in [4.78, 5) is 29.1. The van der Waals surface area contributed by atoms with Crippen LogP contribution < -0.4 is 15.4 Å². The van der Waals surface area contributed by atoms with Gasteiger partial charge < -0.3 is 19.9 Å². The smallest absolute Gasteiger partial charge is 0.251 e. The molecule has 0 aliphatic rings. The van der Waals surface area contributed by atoms with Crippen LogP contribution in [-0.4, -0.2) is 34.5 Å². The molecule has 7 nitrogen and oxygen atoms in total. The summed E-state index contributed by atoms with van der Waals surface area (Å²) in [5.74, 6) is 0.123. The SMILES string of the molecule is CCOc1ccc(C(=O)NCC(=O)NC(c2ccc(F)cc2)c2nccn2C)cc1. The van der Waals surface area contributed by atoms with Gasteiger partial charge in [0, 0.05) is 25.0 Å². The zero-order chi connectivity index (χ0) is 21.5. The molecule has 30 heavy (non-hydrogen) atoms. The summed E-state index contributed by atoms with van der Waals surface area (Å²) in [7, 11) is 1.80. The molecule has 0 fully saturated rings. The molecule has 0 saturated carbocycles. The molecule has 156 valence electrons. The molecule has 0 aliphatic carbocycles. The van der Waals surface area contributed by atoms with Gasteiger partial charge in [0.1, 0.15) is 23.4 Å². The van der Waals surface area contributed by atoms with Crippen molar-refractivity contribution in [1.82, 2.24) is 20.2 Å². The molecule has 0 bridgehead atoms. The number of amides is 2. The molecule has 1 unspecified atom stereocenters. The predicted octanol–water partition coefficient (Wildman–Crippen LogP) is 2.59. The summed E-state index contributed by atoms with van der Waals surface area (Å²) < 4.78 is 20.4. The number of imidazole rings is 1. The third-order valence-corrected chi connectivity index (χ3v) is 4.46. The number of benzene rings is 2. The zero-order valence-corrected chi connectivity index (χ0v) is 16.8. The van der Waals surface area contributed by atoms with E-state index in [2.05, 4.69) is 15.6 Å². The summed E-state index contributed by atoms with van der Waals surface area (Å²) >= 11 is 0. The van der Waals surface area contributed by atoms with Crippen molar-refractivity contribution in [2.45, 2.75) is 13.0 Å². The lowest BCUT2D eigenvalue weighted by Crippen LogP contribution is -2.39. The zero-order valence-electron chi connectivity index (χ0n) is 16.8. The number of aromatic nitrogens is 2. The first kappa shape index (κ1) is 21.0. The second-order valence-electron chi connectivity index (χ2n) is 6.59. The molecular formula is C22H23FN4O3. The Labute approximate surface area is 173 Å². The number of rotatable bonds is 8. The summed E-state index contributed by atoms with van der Waals surface area (Å²) in [5, 5.41) is 5.45. The van der Waals surface area contributed by atoms with Gasteiger partial charge in [0.25, 0.3) is 5.91 Å². The average molecular weight is 410 g/mol. The van der Waals surface area contributed by atoms with Crippen molar-refractivity contribution in [1.29, 1.82) is 0 Å². The second kappa shape index (κ2) is 9.69. The Morgan fingerprint density at radius 1 is 1.13 bits per heavy atom. The van der Waals surface area contributed by atoms with Crippen molar-refractivity contribution in [3.05, 3.63) is 83.7 Å². The van der Waals surface area contributed by atoms with E-state index in [9.17, 15) is 14.0 Å². The normalized spacial score (nSPS) is 11.6. The van der Waals surface area contributed by atoms with Gasteiger partial charge >= 0.3 is 0 Å². The number of aryl methyl sites for hydroxylation is 1. The third kappa shape index (κ3) is 5.22. The van der Waals surface area contributed by atoms with Crippen LogP contribution in [0.5, 0.6) is 5.75 Å². The number of hydrogen-bond acceptors (Lipinski definition) is 4. The molecule has 0 radical (unpaired) electrons. The number of carbonyl (C=O) groups is 2. The summed E-state index contributed by atoms with van der Waals surface area (Å²) in [6.45, 7) is 2.20. The fourth-order valence-corrected chi connectivity index (χ4v) is 2.95. The largest absolute Gasteiger partial charge is 0.494 e. The monoisotopic (exact) mass is 410 g/mol. The summed E-state index contributed by atoms with van der Waals surface area (Å²) in [6, 6.07) is 11.9. The van der Waals surface area contributed by atoms with E-state index in [0.29, 0.717) is 29.3 Å². The molecule has 1 atom stereocenters. The first-order chi connectivity index (χ1) is 14.5. The Kier molecular flexibility index (Phi) is 6.79. The van der Waals surface area contributed by atoms with Crippen LogP contribution >= 0.6 is 0 Å². The minimum absolute atomic E-state index is 0.214. The van der Waals surface area contributed by atoms with E-state index in [-0.39, 0.29) is 18.3 Å². The predicted molar refractivity (Wildman–Crippen MR) is 110 cm³/mol. The minimum Gasteiger partial charge on any atom is -0.494 e. The molecule has 2 N–H and O–H groups in total. The van der Waals surface area contributed by atoms with Gasteiger partial charge in [0.2, 0.25) is 5.91 Å². The number of halogens is 1. The fourth-order valence-electron chi connectivity index (χ4n) is 2.95. The quantitative estimate of drug-likeness (QED) is 0.598. The fraction of sp³-hybridized carbons (Fsp3) is 0.227. The Morgan fingerprint density at radius 3 is 2.43 bits per heavy atom. The Hall–Kier alpha value is -3.68. The van der Waals surface area contributed by atoms with Gasteiger partial charge in [-0.15, -0.1) is 0 Å². The van der Waals surface area contributed by atoms with Gasteiger partial charge in [-0.25, -0.2) is 9.37 Å². The average Bonchev–Trinajstić information content (AvgIpc) is 3.17. The van der Waals surface area contributed by atoms with E-state index in [1.165, 1.54) is 12.1 Å². The van der Waals surface area contributed by atoms with Crippen molar-refractivity contribution in [3.63, 3.8) is 0 Å². The molecular weight excluding hydrogens is 387 g/mol. The van der Waals surface area contributed by atoms with Gasteiger partial charge in [-0.05, 0) is 48.9 Å². The van der Waals surface area contributed by atoms with E-state index in [0.717, 1.165) is 0 Å². The van der Waals surface area contributed by atoms with E-state index < -0.39 is 11.9 Å². The molecule has 1 heterocycles. The Balaban J connectivity index is 1.65. The topological polar surface area (TPSA) is 85.2 Å². The van der Waals surface area contributed by atoms with Crippen molar-refractivity contribution >= 4 is 11.8 Å². The van der Waals surface area contributed by atoms with Gasteiger partial charge in [0.05, 0.1) is 13.2 Å². The lowest BCUT2D eigenvalue weighted by Gasteiger charge is -2.19. The molecule has 3 aromatic rings. The van der Waals surface area contributed by atoms with Gasteiger partial charge in [0.15, 0.2) is 0 Å². The molecule has 0 aliphatic heterocycles. The van der Waals surface area contributed by atoms with E-state index in [1.54, 1.807) is 60.4 Å². The van der Waals surface area contributed by atoms with Crippen LogP contribution in [0.1, 0.15) is 34.7 Å². The molecule has 3 rings (SSSR count). The Bertz CT molecular complexity index is 1000. The maximum absolute atomic E-state index is 13.3. The molecule has 1 aromatic heterocycles. The molecule has 8 heteroatoms. The number of nitrogens with one attached hydrogen (secondary N) is 2. The van der Waals surface area contributed by atoms with Gasteiger partial charge in [-0.2, -0.15) is 0 Å². The minimum atomic E-state index is -0.583. The van der Waals surface area contributed by atoms with Crippen LogP contribution in [0.15, 0.2) is 60.9 Å². The highest BCUT2D eigenvalue weighted by atomic mass is 19.1. The van der Waals surface area contributed by atoms with Crippen LogP contribution in [0.25, 0.3) is 0 Å². The first-order valence-corrected chi connectivity index (χ1v) is 9.51. The molecule has 0 spiro atoms. The standard InChI is InChI=1S/C22H23FN4O3/c1-3-30-18-10-6-16(7-11-18)22(29)25-14-19(28)26-20(21-24-12-13-27(21)2)15-4-8-17(23)9-5-15/h4-13,20H,3,14H2,1-2H3,(H,25,29)(H,26,28). The second-order valence-corrected chi connectivity index (χ2v) is 6.59. The van der Waals surface area contributed by atoms with Crippen LogP contribution in [0.2, 0.25) is 0 Å².